The molecule has 0 spiro atoms. The molecule has 0 fully saturated rings. The summed E-state index contributed by atoms with van der Waals surface area (Å²) in [5, 5.41) is 8.68. The molecule has 0 radical (unpaired) electrons. The van der Waals surface area contributed by atoms with Crippen molar-refractivity contribution >= 4 is 11.6 Å². The van der Waals surface area contributed by atoms with Crippen LogP contribution in [0.3, 0.4) is 0 Å². The molecule has 0 saturated heterocycles. The molecule has 3 nitrogen and oxygen atoms in total. The van der Waals surface area contributed by atoms with Gasteiger partial charge in [-0.15, -0.1) is 0 Å². The number of allylic oxidation sites excluding steroid dienone is 1. The summed E-state index contributed by atoms with van der Waals surface area (Å²) in [7, 11) is 0. The van der Waals surface area contributed by atoms with E-state index in [-0.39, 0.29) is 24.6 Å². The van der Waals surface area contributed by atoms with Gasteiger partial charge in [0.05, 0.1) is 6.61 Å². The molecular weight excluding hydrogens is 144 g/mol. The Morgan fingerprint density at radius 1 is 1.36 bits per heavy atom. The fraction of sp³-hybridized carbons (Fsp3) is 0.500. The van der Waals surface area contributed by atoms with Crippen LogP contribution in [0.1, 0.15) is 19.3 Å². The largest absolute Gasteiger partial charge is 0.392 e. The molecule has 11 heavy (non-hydrogen) atoms. The van der Waals surface area contributed by atoms with Crippen LogP contribution in [0.5, 0.6) is 0 Å². The lowest BCUT2D eigenvalue weighted by Gasteiger charge is -1.95. The Bertz CT molecular complexity index is 215. The molecule has 0 bridgehead atoms. The molecule has 0 amide bonds. The first kappa shape index (κ1) is 8.14. The molecule has 1 rings (SSSR count). The molecule has 0 aromatic heterocycles. The van der Waals surface area contributed by atoms with Crippen molar-refractivity contribution in [2.45, 2.75) is 19.3 Å². The van der Waals surface area contributed by atoms with Gasteiger partial charge in [0.2, 0.25) is 0 Å². The van der Waals surface area contributed by atoms with Gasteiger partial charge in [0.15, 0.2) is 5.78 Å². The molecule has 1 aliphatic rings. The molecule has 0 aliphatic heterocycles. The van der Waals surface area contributed by atoms with Crippen LogP contribution in [0, 0.1) is 0 Å². The van der Waals surface area contributed by atoms with Crippen molar-refractivity contribution < 1.29 is 14.7 Å². The average Bonchev–Trinajstić information content (AvgIpc) is 2.13. The monoisotopic (exact) mass is 154 g/mol. The van der Waals surface area contributed by atoms with Crippen molar-refractivity contribution in [1.29, 1.82) is 0 Å². The Kier molecular flexibility index (Phi) is 2.54. The number of carbonyl (C=O) groups is 2. The number of hydrogen-bond acceptors (Lipinski definition) is 3. The smallest absolute Gasteiger partial charge is 0.156 e. The Labute approximate surface area is 64.7 Å². The molecule has 60 valence electrons. The summed E-state index contributed by atoms with van der Waals surface area (Å²) in [6, 6.07) is 0. The van der Waals surface area contributed by atoms with Crippen molar-refractivity contribution in [1.82, 2.24) is 0 Å². The molecule has 0 saturated carbocycles. The minimum atomic E-state index is -0.183. The Balaban J connectivity index is 2.73. The van der Waals surface area contributed by atoms with Crippen LogP contribution < -0.4 is 0 Å². The SMILES string of the molecule is O=C1C=C(CO)CC(=O)CC1. The number of hydrogen-bond donors (Lipinski definition) is 1. The fourth-order valence-corrected chi connectivity index (χ4v) is 1.06. The highest BCUT2D eigenvalue weighted by atomic mass is 16.3. The van der Waals surface area contributed by atoms with Crippen LogP contribution in [-0.2, 0) is 9.59 Å². The zero-order valence-corrected chi connectivity index (χ0v) is 6.17. The van der Waals surface area contributed by atoms with Gasteiger partial charge in [-0.3, -0.25) is 9.59 Å². The van der Waals surface area contributed by atoms with Gasteiger partial charge in [-0.05, 0) is 11.6 Å². The van der Waals surface area contributed by atoms with Crippen molar-refractivity contribution in [2.24, 2.45) is 0 Å². The van der Waals surface area contributed by atoms with Crippen LogP contribution >= 0.6 is 0 Å². The van der Waals surface area contributed by atoms with E-state index in [1.807, 2.05) is 0 Å². The number of rotatable bonds is 1. The highest BCUT2D eigenvalue weighted by Crippen LogP contribution is 2.11. The van der Waals surface area contributed by atoms with E-state index in [9.17, 15) is 9.59 Å². The van der Waals surface area contributed by atoms with Gasteiger partial charge in [-0.1, -0.05) is 0 Å². The third-order valence-corrected chi connectivity index (χ3v) is 1.64. The second kappa shape index (κ2) is 3.44. The number of Topliss-reactive ketones (excluding diaryl/α,β-unsaturated/α-hetero) is 1. The first-order valence-corrected chi connectivity index (χ1v) is 3.57. The second-order valence-corrected chi connectivity index (χ2v) is 2.64. The summed E-state index contributed by atoms with van der Waals surface area (Å²) >= 11 is 0. The quantitative estimate of drug-likeness (QED) is 0.588. The van der Waals surface area contributed by atoms with Gasteiger partial charge in [0.25, 0.3) is 0 Å². The lowest BCUT2D eigenvalue weighted by Crippen LogP contribution is -1.99. The maximum absolute atomic E-state index is 10.9. The summed E-state index contributed by atoms with van der Waals surface area (Å²) in [5.41, 5.74) is 0.539. The topological polar surface area (TPSA) is 54.4 Å². The van der Waals surface area contributed by atoms with Gasteiger partial charge in [0, 0.05) is 19.3 Å². The minimum Gasteiger partial charge on any atom is -0.392 e. The van der Waals surface area contributed by atoms with Gasteiger partial charge < -0.3 is 5.11 Å². The van der Waals surface area contributed by atoms with Crippen molar-refractivity contribution in [3.63, 3.8) is 0 Å². The number of ketones is 2. The summed E-state index contributed by atoms with van der Waals surface area (Å²) in [6.07, 6.45) is 2.23. The Morgan fingerprint density at radius 2 is 2.09 bits per heavy atom. The van der Waals surface area contributed by atoms with Crippen LogP contribution in [-0.4, -0.2) is 23.3 Å². The number of aliphatic hydroxyl groups excluding tert-OH is 1. The normalized spacial score (nSPS) is 19.5. The highest BCUT2D eigenvalue weighted by molar-refractivity contribution is 5.97. The maximum Gasteiger partial charge on any atom is 0.156 e. The predicted octanol–water partition coefficient (Wildman–Crippen LogP) is 0.227. The van der Waals surface area contributed by atoms with E-state index in [4.69, 9.17) is 5.11 Å². The lowest BCUT2D eigenvalue weighted by atomic mass is 10.1. The fourth-order valence-electron chi connectivity index (χ4n) is 1.06. The zero-order valence-electron chi connectivity index (χ0n) is 6.17. The molecule has 1 N–H and O–H groups in total. The van der Waals surface area contributed by atoms with Crippen molar-refractivity contribution in [3.05, 3.63) is 11.6 Å². The molecule has 0 atom stereocenters. The Morgan fingerprint density at radius 3 is 2.73 bits per heavy atom. The van der Waals surface area contributed by atoms with E-state index < -0.39 is 0 Å². The molecule has 0 aromatic rings. The van der Waals surface area contributed by atoms with Gasteiger partial charge in [-0.25, -0.2) is 0 Å². The summed E-state index contributed by atoms with van der Waals surface area (Å²) < 4.78 is 0. The van der Waals surface area contributed by atoms with E-state index in [1.54, 1.807) is 0 Å². The third-order valence-electron chi connectivity index (χ3n) is 1.64. The van der Waals surface area contributed by atoms with Crippen LogP contribution in [0.4, 0.5) is 0 Å². The standard InChI is InChI=1S/C8H10O3/c9-5-6-3-7(10)1-2-8(11)4-6/h3,9H,1-2,4-5H2. The average molecular weight is 154 g/mol. The molecule has 3 heteroatoms. The summed E-state index contributed by atoms with van der Waals surface area (Å²) in [4.78, 5) is 21.8. The van der Waals surface area contributed by atoms with E-state index in [0.29, 0.717) is 18.4 Å². The van der Waals surface area contributed by atoms with Gasteiger partial charge >= 0.3 is 0 Å². The number of aliphatic hydroxyl groups is 1. The van der Waals surface area contributed by atoms with Crippen LogP contribution in [0.25, 0.3) is 0 Å². The molecule has 0 heterocycles. The van der Waals surface area contributed by atoms with Crippen LogP contribution in [0.2, 0.25) is 0 Å². The highest BCUT2D eigenvalue weighted by Gasteiger charge is 2.13. The zero-order chi connectivity index (χ0) is 8.27. The van der Waals surface area contributed by atoms with Crippen LogP contribution in [0.15, 0.2) is 11.6 Å². The lowest BCUT2D eigenvalue weighted by molar-refractivity contribution is -0.121. The first-order valence-electron chi connectivity index (χ1n) is 3.57. The third kappa shape index (κ3) is 2.27. The van der Waals surface area contributed by atoms with Crippen molar-refractivity contribution in [3.8, 4) is 0 Å². The van der Waals surface area contributed by atoms with Gasteiger partial charge in [-0.2, -0.15) is 0 Å². The predicted molar refractivity (Wildman–Crippen MR) is 39.0 cm³/mol. The Hall–Kier alpha value is -0.960. The maximum atomic E-state index is 10.9. The number of carbonyl (C=O) groups excluding carboxylic acids is 2. The van der Waals surface area contributed by atoms with Gasteiger partial charge in [0.1, 0.15) is 5.78 Å². The second-order valence-electron chi connectivity index (χ2n) is 2.64. The summed E-state index contributed by atoms with van der Waals surface area (Å²) in [6.45, 7) is -0.183. The summed E-state index contributed by atoms with van der Waals surface area (Å²) in [5.74, 6) is -0.0175. The molecule has 0 aromatic carbocycles. The molecular formula is C8H10O3. The first-order chi connectivity index (χ1) is 5.22. The van der Waals surface area contributed by atoms with Crippen molar-refractivity contribution in [2.75, 3.05) is 6.61 Å². The van der Waals surface area contributed by atoms with E-state index >= 15 is 0 Å². The molecule has 1 aliphatic carbocycles. The van der Waals surface area contributed by atoms with E-state index in [0.717, 1.165) is 0 Å². The molecule has 0 unspecified atom stereocenters. The minimum absolute atomic E-state index is 0.0381. The van der Waals surface area contributed by atoms with E-state index in [1.165, 1.54) is 6.08 Å². The van der Waals surface area contributed by atoms with E-state index in [2.05, 4.69) is 0 Å².